The van der Waals surface area contributed by atoms with Gasteiger partial charge in [0, 0.05) is 25.7 Å². The molecule has 0 heterocycles. The molecule has 2 aromatic carbocycles. The molecule has 2 aromatic rings. The molecule has 0 unspecified atom stereocenters. The topological polar surface area (TPSA) is 45.6 Å². The van der Waals surface area contributed by atoms with E-state index in [9.17, 15) is 0 Å². The Hall–Kier alpha value is -2.49. The molecular formula is C18H23N3O. The van der Waals surface area contributed by atoms with Crippen molar-refractivity contribution < 1.29 is 4.74 Å². The summed E-state index contributed by atoms with van der Waals surface area (Å²) in [6.07, 6.45) is 0. The molecule has 0 spiro atoms. The average Bonchev–Trinajstić information content (AvgIpc) is 2.57. The maximum absolute atomic E-state index is 5.63. The first-order valence-corrected chi connectivity index (χ1v) is 7.52. The van der Waals surface area contributed by atoms with Gasteiger partial charge in [0.25, 0.3) is 0 Å². The molecule has 0 atom stereocenters. The lowest BCUT2D eigenvalue weighted by Gasteiger charge is -2.14. The number of aliphatic imine (C=N–C) groups is 1. The molecule has 0 aliphatic carbocycles. The summed E-state index contributed by atoms with van der Waals surface area (Å²) >= 11 is 0. The van der Waals surface area contributed by atoms with Crippen molar-refractivity contribution in [3.05, 3.63) is 65.7 Å². The Morgan fingerprint density at radius 3 is 2.36 bits per heavy atom. The van der Waals surface area contributed by atoms with Crippen LogP contribution in [0, 0.1) is 0 Å². The molecule has 0 aromatic heterocycles. The minimum Gasteiger partial charge on any atom is -0.494 e. The Morgan fingerprint density at radius 2 is 1.64 bits per heavy atom. The van der Waals surface area contributed by atoms with Crippen LogP contribution in [0.2, 0.25) is 0 Å². The molecule has 4 nitrogen and oxygen atoms in total. The fourth-order valence-electron chi connectivity index (χ4n) is 2.13. The zero-order valence-corrected chi connectivity index (χ0v) is 13.2. The second-order valence-corrected chi connectivity index (χ2v) is 4.81. The number of hydrogen-bond acceptors (Lipinski definition) is 2. The number of rotatable bonds is 6. The smallest absolute Gasteiger partial charge is 0.191 e. The van der Waals surface area contributed by atoms with Gasteiger partial charge in [0.15, 0.2) is 5.96 Å². The minimum atomic E-state index is 0.665. The van der Waals surface area contributed by atoms with Crippen LogP contribution in [-0.4, -0.2) is 19.6 Å². The molecule has 0 aliphatic rings. The number of ether oxygens (including phenoxy) is 1. The Bertz CT molecular complexity index is 596. The van der Waals surface area contributed by atoms with Gasteiger partial charge in [0.05, 0.1) is 6.61 Å². The van der Waals surface area contributed by atoms with Crippen LogP contribution in [0.25, 0.3) is 0 Å². The number of benzene rings is 2. The zero-order chi connectivity index (χ0) is 15.6. The van der Waals surface area contributed by atoms with Gasteiger partial charge >= 0.3 is 0 Å². The summed E-state index contributed by atoms with van der Waals surface area (Å²) in [5.74, 6) is 1.69. The quantitative estimate of drug-likeness (QED) is 0.636. The maximum atomic E-state index is 5.63. The normalized spacial score (nSPS) is 11.1. The van der Waals surface area contributed by atoms with Crippen molar-refractivity contribution in [2.45, 2.75) is 20.0 Å². The van der Waals surface area contributed by atoms with Gasteiger partial charge in [-0.25, -0.2) is 0 Å². The van der Waals surface area contributed by atoms with Crippen molar-refractivity contribution in [1.82, 2.24) is 10.6 Å². The Kier molecular flexibility index (Phi) is 6.30. The van der Waals surface area contributed by atoms with E-state index in [0.717, 1.165) is 23.8 Å². The third-order valence-electron chi connectivity index (χ3n) is 3.25. The van der Waals surface area contributed by atoms with Crippen molar-refractivity contribution in [3.8, 4) is 5.75 Å². The van der Waals surface area contributed by atoms with Crippen molar-refractivity contribution in [1.29, 1.82) is 0 Å². The molecule has 0 bridgehead atoms. The van der Waals surface area contributed by atoms with Gasteiger partial charge in [0.1, 0.15) is 5.75 Å². The zero-order valence-electron chi connectivity index (χ0n) is 13.2. The van der Waals surface area contributed by atoms with Gasteiger partial charge in [-0.2, -0.15) is 0 Å². The second kappa shape index (κ2) is 8.72. The first-order chi connectivity index (χ1) is 10.8. The largest absolute Gasteiger partial charge is 0.494 e. The predicted octanol–water partition coefficient (Wildman–Crippen LogP) is 2.95. The molecule has 2 rings (SSSR count). The lowest BCUT2D eigenvalue weighted by molar-refractivity contribution is 0.336. The van der Waals surface area contributed by atoms with E-state index in [0.29, 0.717) is 13.2 Å². The molecule has 0 radical (unpaired) electrons. The predicted molar refractivity (Wildman–Crippen MR) is 91.1 cm³/mol. The summed E-state index contributed by atoms with van der Waals surface area (Å²) in [7, 11) is 1.77. The highest BCUT2D eigenvalue weighted by atomic mass is 16.5. The Balaban J connectivity index is 1.89. The number of nitrogens with zero attached hydrogens (tertiary/aromatic N) is 1. The molecule has 0 saturated carbocycles. The van der Waals surface area contributed by atoms with Gasteiger partial charge in [0.2, 0.25) is 0 Å². The van der Waals surface area contributed by atoms with Crippen molar-refractivity contribution in [2.24, 2.45) is 4.99 Å². The molecule has 4 heteroatoms. The van der Waals surface area contributed by atoms with Gasteiger partial charge in [-0.15, -0.1) is 0 Å². The first kappa shape index (κ1) is 15.9. The first-order valence-electron chi connectivity index (χ1n) is 7.52. The molecule has 116 valence electrons. The van der Waals surface area contributed by atoms with Crippen LogP contribution < -0.4 is 15.4 Å². The number of guanidine groups is 1. The highest BCUT2D eigenvalue weighted by molar-refractivity contribution is 5.79. The number of para-hydroxylation sites is 1. The van der Waals surface area contributed by atoms with E-state index >= 15 is 0 Å². The monoisotopic (exact) mass is 297 g/mol. The summed E-state index contributed by atoms with van der Waals surface area (Å²) in [5, 5.41) is 6.62. The average molecular weight is 297 g/mol. The van der Waals surface area contributed by atoms with Crippen LogP contribution in [0.3, 0.4) is 0 Å². The molecule has 22 heavy (non-hydrogen) atoms. The lowest BCUT2D eigenvalue weighted by Crippen LogP contribution is -2.36. The summed E-state index contributed by atoms with van der Waals surface area (Å²) in [6, 6.07) is 18.3. The van der Waals surface area contributed by atoms with E-state index in [4.69, 9.17) is 4.74 Å². The van der Waals surface area contributed by atoms with Crippen LogP contribution in [0.5, 0.6) is 5.75 Å². The van der Waals surface area contributed by atoms with E-state index in [1.165, 1.54) is 5.56 Å². The van der Waals surface area contributed by atoms with Crippen molar-refractivity contribution in [3.63, 3.8) is 0 Å². The lowest BCUT2D eigenvalue weighted by atomic mass is 10.2. The molecule has 0 fully saturated rings. The van der Waals surface area contributed by atoms with Crippen molar-refractivity contribution >= 4 is 5.96 Å². The molecule has 2 N–H and O–H groups in total. The van der Waals surface area contributed by atoms with Gasteiger partial charge in [-0.1, -0.05) is 48.5 Å². The summed E-state index contributed by atoms with van der Waals surface area (Å²) in [4.78, 5) is 4.25. The van der Waals surface area contributed by atoms with E-state index in [1.807, 2.05) is 43.3 Å². The summed E-state index contributed by atoms with van der Waals surface area (Å²) in [5.41, 5.74) is 2.34. The van der Waals surface area contributed by atoms with Crippen LogP contribution >= 0.6 is 0 Å². The molecule has 0 saturated heterocycles. The Labute approximate surface area is 132 Å². The van der Waals surface area contributed by atoms with E-state index in [1.54, 1.807) is 7.05 Å². The number of hydrogen-bond donors (Lipinski definition) is 2. The Morgan fingerprint density at radius 1 is 0.955 bits per heavy atom. The third-order valence-corrected chi connectivity index (χ3v) is 3.25. The highest BCUT2D eigenvalue weighted by Crippen LogP contribution is 2.17. The molecular weight excluding hydrogens is 274 g/mol. The highest BCUT2D eigenvalue weighted by Gasteiger charge is 2.04. The van der Waals surface area contributed by atoms with Gasteiger partial charge in [-0.05, 0) is 18.6 Å². The molecule has 0 amide bonds. The van der Waals surface area contributed by atoms with Crippen molar-refractivity contribution in [2.75, 3.05) is 13.7 Å². The van der Waals surface area contributed by atoms with Crippen LogP contribution in [0.4, 0.5) is 0 Å². The van der Waals surface area contributed by atoms with Gasteiger partial charge in [-0.3, -0.25) is 4.99 Å². The summed E-state index contributed by atoms with van der Waals surface area (Å²) < 4.78 is 5.63. The minimum absolute atomic E-state index is 0.665. The summed E-state index contributed by atoms with van der Waals surface area (Å²) in [6.45, 7) is 4.07. The second-order valence-electron chi connectivity index (χ2n) is 4.81. The van der Waals surface area contributed by atoms with E-state index in [-0.39, 0.29) is 0 Å². The SMILES string of the molecule is CCOc1ccccc1CNC(=NC)NCc1ccccc1. The third kappa shape index (κ3) is 4.81. The standard InChI is InChI=1S/C18H23N3O/c1-3-22-17-12-8-7-11-16(17)14-21-18(19-2)20-13-15-9-5-4-6-10-15/h4-12H,3,13-14H2,1-2H3,(H2,19,20,21). The van der Waals surface area contributed by atoms with Crippen LogP contribution in [-0.2, 0) is 13.1 Å². The fourth-order valence-corrected chi connectivity index (χ4v) is 2.13. The van der Waals surface area contributed by atoms with Crippen LogP contribution in [0.1, 0.15) is 18.1 Å². The van der Waals surface area contributed by atoms with E-state index in [2.05, 4.69) is 33.8 Å². The van der Waals surface area contributed by atoms with E-state index < -0.39 is 0 Å². The van der Waals surface area contributed by atoms with Gasteiger partial charge < -0.3 is 15.4 Å². The maximum Gasteiger partial charge on any atom is 0.191 e. The fraction of sp³-hybridized carbons (Fsp3) is 0.278. The number of nitrogens with one attached hydrogen (secondary N) is 2. The van der Waals surface area contributed by atoms with Crippen LogP contribution in [0.15, 0.2) is 59.6 Å². The molecule has 0 aliphatic heterocycles.